The van der Waals surface area contributed by atoms with Crippen LogP contribution in [0.5, 0.6) is 0 Å². The molecule has 1 aromatic heterocycles. The fourth-order valence-corrected chi connectivity index (χ4v) is 2.25. The van der Waals surface area contributed by atoms with Crippen molar-refractivity contribution in [3.8, 4) is 0 Å². The van der Waals surface area contributed by atoms with E-state index in [4.69, 9.17) is 4.52 Å². The Balaban J connectivity index is 1.56. The smallest absolute Gasteiger partial charge is 0.321 e. The van der Waals surface area contributed by atoms with Crippen LogP contribution >= 0.6 is 0 Å². The maximum Gasteiger partial charge on any atom is 0.321 e. The highest BCUT2D eigenvalue weighted by Gasteiger charge is 2.11. The molecule has 7 nitrogen and oxygen atoms in total. The van der Waals surface area contributed by atoms with Gasteiger partial charge in [0.05, 0.1) is 17.9 Å². The molecule has 3 aromatic rings. The van der Waals surface area contributed by atoms with Crippen LogP contribution in [0.3, 0.4) is 0 Å². The van der Waals surface area contributed by atoms with E-state index in [0.29, 0.717) is 29.4 Å². The fourth-order valence-electron chi connectivity index (χ4n) is 2.25. The summed E-state index contributed by atoms with van der Waals surface area (Å²) in [5, 5.41) is 15.0. The van der Waals surface area contributed by atoms with Gasteiger partial charge >= 0.3 is 6.03 Å². The highest BCUT2D eigenvalue weighted by atomic mass is 16.5. The van der Waals surface area contributed by atoms with E-state index >= 15 is 0 Å². The van der Waals surface area contributed by atoms with Crippen LogP contribution in [0, 0.1) is 6.92 Å². The zero-order valence-electron chi connectivity index (χ0n) is 14.6. The summed E-state index contributed by atoms with van der Waals surface area (Å²) in [6.45, 7) is 2.18. The molecule has 2 amide bonds. The van der Waals surface area contributed by atoms with E-state index in [9.17, 15) is 4.79 Å². The van der Waals surface area contributed by atoms with E-state index in [0.717, 1.165) is 5.69 Å². The monoisotopic (exact) mass is 349 g/mol. The van der Waals surface area contributed by atoms with Crippen LogP contribution in [-0.4, -0.2) is 23.1 Å². The molecule has 1 heterocycles. The normalized spacial score (nSPS) is 10.8. The van der Waals surface area contributed by atoms with Gasteiger partial charge in [-0.2, -0.15) is 10.2 Å². The lowest BCUT2D eigenvalue weighted by molar-refractivity contribution is 0.219. The van der Waals surface area contributed by atoms with Gasteiger partial charge in [0.25, 0.3) is 0 Å². The molecule has 3 rings (SSSR count). The first-order valence-corrected chi connectivity index (χ1v) is 8.11. The molecule has 0 atom stereocenters. The van der Waals surface area contributed by atoms with Crippen LogP contribution in [0.4, 0.5) is 21.9 Å². The minimum Gasteiger partial charge on any atom is -0.361 e. The van der Waals surface area contributed by atoms with Gasteiger partial charge in [-0.3, -0.25) is 0 Å². The number of amides is 2. The summed E-state index contributed by atoms with van der Waals surface area (Å²) in [6.07, 6.45) is 0. The molecule has 2 aromatic carbocycles. The van der Waals surface area contributed by atoms with Gasteiger partial charge < -0.3 is 14.7 Å². The number of urea groups is 1. The standard InChI is InChI=1S/C19H19N5O2/c1-14-12-18(23-26-14)13-24(2)19(25)20-15-8-10-17(11-9-15)22-21-16-6-4-3-5-7-16/h3-12H,13H2,1-2H3,(H,20,25). The van der Waals surface area contributed by atoms with Crippen LogP contribution < -0.4 is 5.32 Å². The molecule has 0 aliphatic heterocycles. The van der Waals surface area contributed by atoms with Crippen molar-refractivity contribution in [2.24, 2.45) is 10.2 Å². The zero-order valence-corrected chi connectivity index (χ0v) is 14.6. The second kappa shape index (κ2) is 8.06. The third-order valence-electron chi connectivity index (χ3n) is 3.58. The Bertz CT molecular complexity index is 888. The molecule has 0 radical (unpaired) electrons. The lowest BCUT2D eigenvalue weighted by Crippen LogP contribution is -2.30. The average Bonchev–Trinajstić information content (AvgIpc) is 3.06. The molecule has 132 valence electrons. The number of anilines is 1. The molecule has 0 bridgehead atoms. The lowest BCUT2D eigenvalue weighted by atomic mass is 10.3. The maximum atomic E-state index is 12.2. The lowest BCUT2D eigenvalue weighted by Gasteiger charge is -2.16. The van der Waals surface area contributed by atoms with Gasteiger partial charge in [-0.25, -0.2) is 4.79 Å². The van der Waals surface area contributed by atoms with Gasteiger partial charge in [-0.1, -0.05) is 23.4 Å². The average molecular weight is 349 g/mol. The molecule has 1 N–H and O–H groups in total. The molecular weight excluding hydrogens is 330 g/mol. The van der Waals surface area contributed by atoms with Crippen molar-refractivity contribution < 1.29 is 9.32 Å². The molecule has 7 heteroatoms. The van der Waals surface area contributed by atoms with Crippen molar-refractivity contribution in [3.63, 3.8) is 0 Å². The van der Waals surface area contributed by atoms with Crippen LogP contribution in [0.2, 0.25) is 0 Å². The highest BCUT2D eigenvalue weighted by Crippen LogP contribution is 2.20. The van der Waals surface area contributed by atoms with Crippen molar-refractivity contribution in [2.75, 3.05) is 12.4 Å². The number of hydrogen-bond acceptors (Lipinski definition) is 5. The first-order valence-electron chi connectivity index (χ1n) is 8.11. The largest absolute Gasteiger partial charge is 0.361 e. The molecule has 0 aliphatic rings. The quantitative estimate of drug-likeness (QED) is 0.653. The van der Waals surface area contributed by atoms with E-state index in [1.807, 2.05) is 37.3 Å². The van der Waals surface area contributed by atoms with Gasteiger partial charge in [0.15, 0.2) is 0 Å². The molecule has 0 unspecified atom stereocenters. The third kappa shape index (κ3) is 4.76. The van der Waals surface area contributed by atoms with Gasteiger partial charge in [0.1, 0.15) is 11.5 Å². The van der Waals surface area contributed by atoms with Crippen LogP contribution in [0.25, 0.3) is 0 Å². The van der Waals surface area contributed by atoms with Crippen molar-refractivity contribution in [1.29, 1.82) is 0 Å². The minimum atomic E-state index is -0.232. The Morgan fingerprint density at radius 2 is 1.73 bits per heavy atom. The second-order valence-electron chi connectivity index (χ2n) is 5.80. The second-order valence-corrected chi connectivity index (χ2v) is 5.80. The van der Waals surface area contributed by atoms with E-state index < -0.39 is 0 Å². The number of aryl methyl sites for hydroxylation is 1. The first kappa shape index (κ1) is 17.3. The number of nitrogens with one attached hydrogen (secondary N) is 1. The highest BCUT2D eigenvalue weighted by molar-refractivity contribution is 5.89. The van der Waals surface area contributed by atoms with E-state index in [2.05, 4.69) is 20.7 Å². The first-order chi connectivity index (χ1) is 12.6. The summed E-state index contributed by atoms with van der Waals surface area (Å²) in [5.74, 6) is 0.717. The maximum absolute atomic E-state index is 12.2. The van der Waals surface area contributed by atoms with Gasteiger partial charge in [0.2, 0.25) is 0 Å². The molecule has 0 aliphatic carbocycles. The molecular formula is C19H19N5O2. The Morgan fingerprint density at radius 3 is 2.35 bits per heavy atom. The molecule has 0 fully saturated rings. The van der Waals surface area contributed by atoms with E-state index in [1.54, 1.807) is 37.4 Å². The molecule has 0 spiro atoms. The molecule has 26 heavy (non-hydrogen) atoms. The van der Waals surface area contributed by atoms with E-state index in [-0.39, 0.29) is 6.03 Å². The summed E-state index contributed by atoms with van der Waals surface area (Å²) in [6, 6.07) is 18.2. The van der Waals surface area contributed by atoms with Crippen LogP contribution in [0.15, 0.2) is 75.4 Å². The topological polar surface area (TPSA) is 83.1 Å². The number of nitrogens with zero attached hydrogens (tertiary/aromatic N) is 4. The third-order valence-corrected chi connectivity index (χ3v) is 3.58. The number of carbonyl (C=O) groups is 1. The summed E-state index contributed by atoms with van der Waals surface area (Å²) >= 11 is 0. The minimum absolute atomic E-state index is 0.232. The van der Waals surface area contributed by atoms with Gasteiger partial charge in [-0.05, 0) is 43.3 Å². The Hall–Kier alpha value is -3.48. The number of rotatable bonds is 5. The van der Waals surface area contributed by atoms with Crippen molar-refractivity contribution in [2.45, 2.75) is 13.5 Å². The number of aromatic nitrogens is 1. The molecule has 0 saturated heterocycles. The number of azo groups is 1. The van der Waals surface area contributed by atoms with Crippen molar-refractivity contribution in [3.05, 3.63) is 72.1 Å². The van der Waals surface area contributed by atoms with Crippen molar-refractivity contribution in [1.82, 2.24) is 10.1 Å². The predicted octanol–water partition coefficient (Wildman–Crippen LogP) is 5.06. The SMILES string of the molecule is Cc1cc(CN(C)C(=O)Nc2ccc(N=Nc3ccccc3)cc2)no1. The summed E-state index contributed by atoms with van der Waals surface area (Å²) in [5.41, 5.74) is 2.88. The van der Waals surface area contributed by atoms with Crippen LogP contribution in [-0.2, 0) is 6.54 Å². The van der Waals surface area contributed by atoms with Gasteiger partial charge in [0, 0.05) is 18.8 Å². The Labute approximate surface area is 151 Å². The molecule has 0 saturated carbocycles. The summed E-state index contributed by atoms with van der Waals surface area (Å²) in [4.78, 5) is 13.8. The van der Waals surface area contributed by atoms with Gasteiger partial charge in [-0.15, -0.1) is 0 Å². The number of carbonyl (C=O) groups excluding carboxylic acids is 1. The van der Waals surface area contributed by atoms with E-state index in [1.165, 1.54) is 4.90 Å². The number of hydrogen-bond donors (Lipinski definition) is 1. The summed E-state index contributed by atoms with van der Waals surface area (Å²) < 4.78 is 5.00. The summed E-state index contributed by atoms with van der Waals surface area (Å²) in [7, 11) is 1.70. The zero-order chi connectivity index (χ0) is 18.4. The predicted molar refractivity (Wildman–Crippen MR) is 98.8 cm³/mol. The fraction of sp³-hybridized carbons (Fsp3) is 0.158. The number of benzene rings is 2. The van der Waals surface area contributed by atoms with Crippen molar-refractivity contribution >= 4 is 23.1 Å². The van der Waals surface area contributed by atoms with Crippen LogP contribution in [0.1, 0.15) is 11.5 Å². The Morgan fingerprint density at radius 1 is 1.08 bits per heavy atom. The Kier molecular flexibility index (Phi) is 5.38.